The standard InChI is InChI=1S/C122H72N10/c1-121(2)97-38-19-16-35-85(97)89-47-49-91-113-81-31-12-8-23-69(81)44-53-103(113)131(119(91)117(89)121)107-59-78(68-126)108(60-77(107)67-125)132-104-54-45-70-24-9-13-32-82(70)114(104)92-50-48-90-86-46-41-74(56-98(86)122(3,4)118(90)120(92)132)73-27-22-30-80(55-73)128-100-40-21-18-37-88(100)94-62-96-112(64-110(94)128)130(102-52-43-72-26-11-15-34-84(72)116(96)102)106-58-75(65-123)105(57-76(106)66-124)129-101-51-42-71-25-10-14-33-83(71)115(101)95-61-93-87-36-17-20-39-99(87)127(109(93)63-111(95)129)79-28-6-5-7-29-79/h5-64H,1-4H3. The summed E-state index contributed by atoms with van der Waals surface area (Å²) < 4.78 is 13.8. The number of hydrogen-bond acceptors (Lipinski definition) is 4. The molecule has 0 saturated carbocycles. The van der Waals surface area contributed by atoms with Crippen molar-refractivity contribution in [1.29, 1.82) is 21.0 Å². The zero-order valence-corrected chi connectivity index (χ0v) is 72.1. The fourth-order valence-corrected chi connectivity index (χ4v) is 24.2. The molecular formula is C122H72N10. The van der Waals surface area contributed by atoms with E-state index in [2.05, 4.69) is 413 Å². The van der Waals surface area contributed by atoms with Gasteiger partial charge >= 0.3 is 0 Å². The molecule has 0 atom stereocenters. The van der Waals surface area contributed by atoms with Gasteiger partial charge in [0.1, 0.15) is 24.3 Å². The first-order valence-electron chi connectivity index (χ1n) is 45.0. The summed E-state index contributed by atoms with van der Waals surface area (Å²) in [5.74, 6) is 0. The van der Waals surface area contributed by atoms with Crippen molar-refractivity contribution in [3.8, 4) is 91.8 Å². The molecule has 0 bridgehead atoms. The molecule has 2 aliphatic rings. The summed E-state index contributed by atoms with van der Waals surface area (Å²) in [6, 6.07) is 142. The van der Waals surface area contributed by atoms with Crippen LogP contribution in [0, 0.1) is 45.3 Å². The third-order valence-corrected chi connectivity index (χ3v) is 29.8. The second-order valence-electron chi connectivity index (χ2n) is 37.0. The van der Waals surface area contributed by atoms with E-state index < -0.39 is 10.8 Å². The van der Waals surface area contributed by atoms with E-state index in [0.29, 0.717) is 45.0 Å². The molecule has 0 saturated heterocycles. The highest BCUT2D eigenvalue weighted by molar-refractivity contribution is 6.30. The van der Waals surface area contributed by atoms with Crippen LogP contribution >= 0.6 is 0 Å². The highest BCUT2D eigenvalue weighted by Gasteiger charge is 2.42. The Kier molecular flexibility index (Phi) is 14.7. The molecule has 610 valence electrons. The van der Waals surface area contributed by atoms with Crippen LogP contribution in [0.3, 0.4) is 0 Å². The molecule has 6 aromatic heterocycles. The summed E-state index contributed by atoms with van der Waals surface area (Å²) in [6.45, 7) is 9.34. The van der Waals surface area contributed by atoms with Crippen molar-refractivity contribution in [1.82, 2.24) is 27.4 Å². The van der Waals surface area contributed by atoms with E-state index in [1.54, 1.807) is 0 Å². The SMILES string of the molecule is CC1(C)c2ccccc2-c2ccc3c4c5ccccc5ccc4n(-c4cc(C#N)c(-n5c6ccc7ccccc7c6c6ccc7c(c65)C(C)(C)c5cc(-c6cccc(-n8c9ccccc9c9cc%10c%11c%12ccccc%12ccc%11n(-c%11cc(C#N)c(-n%12c%13cc%14c(cc%13c%13c%15ccccc%15ccc%13%12)c%12ccccc%12n%14-c%12ccccc%12)cc%11C#N)c%10cc98)c6)ccc5-7)cc4C#N)c3c21. The maximum atomic E-state index is 12.1. The van der Waals surface area contributed by atoms with Crippen LogP contribution in [0.1, 0.15) is 72.2 Å². The van der Waals surface area contributed by atoms with Gasteiger partial charge in [-0.2, -0.15) is 21.0 Å². The Balaban J connectivity index is 0.611. The van der Waals surface area contributed by atoms with E-state index >= 15 is 0 Å². The van der Waals surface area contributed by atoms with Gasteiger partial charge in [0.25, 0.3) is 0 Å². The van der Waals surface area contributed by atoms with Gasteiger partial charge in [0, 0.05) is 86.8 Å². The topological polar surface area (TPSA) is 125 Å². The largest absolute Gasteiger partial charge is 0.309 e. The molecule has 132 heavy (non-hydrogen) atoms. The van der Waals surface area contributed by atoms with Gasteiger partial charge < -0.3 is 27.4 Å². The predicted octanol–water partition coefficient (Wildman–Crippen LogP) is 30.6. The third kappa shape index (κ3) is 9.60. The average Bonchev–Trinajstić information content (AvgIpc) is 1.53. The smallest absolute Gasteiger partial charge is 0.101 e. The highest BCUT2D eigenvalue weighted by Crippen LogP contribution is 2.58. The molecule has 6 heterocycles. The summed E-state index contributed by atoms with van der Waals surface area (Å²) in [7, 11) is 0. The Labute approximate surface area is 756 Å². The summed E-state index contributed by atoms with van der Waals surface area (Å²) in [5, 5.41) is 69.9. The molecule has 0 radical (unpaired) electrons. The number of hydrogen-bond donors (Lipinski definition) is 0. The van der Waals surface area contributed by atoms with E-state index in [1.165, 1.54) is 27.8 Å². The van der Waals surface area contributed by atoms with Gasteiger partial charge in [-0.1, -0.05) is 276 Å². The van der Waals surface area contributed by atoms with Crippen molar-refractivity contribution in [2.24, 2.45) is 0 Å². The molecule has 0 N–H and O–H groups in total. The van der Waals surface area contributed by atoms with Crippen molar-refractivity contribution in [2.45, 2.75) is 38.5 Å². The third-order valence-electron chi connectivity index (χ3n) is 29.8. The van der Waals surface area contributed by atoms with Gasteiger partial charge in [-0.15, -0.1) is 0 Å². The first-order chi connectivity index (χ1) is 64.8. The fourth-order valence-electron chi connectivity index (χ4n) is 24.2. The molecule has 0 unspecified atom stereocenters. The van der Waals surface area contributed by atoms with Gasteiger partial charge in [0.05, 0.1) is 111 Å². The Hall–Kier alpha value is -17.8. The lowest BCUT2D eigenvalue weighted by Gasteiger charge is -2.25. The predicted molar refractivity (Wildman–Crippen MR) is 542 cm³/mol. The fraction of sp³-hybridized carbons (Fsp3) is 0.0492. The molecule has 28 rings (SSSR count). The van der Waals surface area contributed by atoms with Crippen LogP contribution < -0.4 is 0 Å². The Morgan fingerprint density at radius 3 is 1.02 bits per heavy atom. The number of para-hydroxylation sites is 3. The van der Waals surface area contributed by atoms with E-state index in [0.717, 1.165) is 213 Å². The molecular weight excluding hydrogens is 1610 g/mol. The maximum Gasteiger partial charge on any atom is 0.101 e. The number of aromatic nitrogens is 6. The van der Waals surface area contributed by atoms with Gasteiger partial charge in [-0.05, 0) is 214 Å². The molecule has 10 heteroatoms. The second-order valence-corrected chi connectivity index (χ2v) is 37.0. The Morgan fingerprint density at radius 1 is 0.205 bits per heavy atom. The Morgan fingerprint density at radius 2 is 0.553 bits per heavy atom. The number of benzene rings is 20. The van der Waals surface area contributed by atoms with Crippen LogP contribution in [-0.2, 0) is 10.8 Å². The minimum atomic E-state index is -0.609. The Bertz CT molecular complexity index is 10100. The van der Waals surface area contributed by atoms with Gasteiger partial charge in [-0.25, -0.2) is 0 Å². The number of nitriles is 4. The van der Waals surface area contributed by atoms with Crippen molar-refractivity contribution >= 4 is 174 Å². The van der Waals surface area contributed by atoms with Gasteiger partial charge in [0.15, 0.2) is 0 Å². The summed E-state index contributed by atoms with van der Waals surface area (Å²) >= 11 is 0. The quantitative estimate of drug-likeness (QED) is 0.158. The van der Waals surface area contributed by atoms with Crippen LogP contribution in [0.2, 0.25) is 0 Å². The molecule has 0 amide bonds. The molecule has 2 aliphatic carbocycles. The monoisotopic (exact) mass is 1680 g/mol. The van der Waals surface area contributed by atoms with Gasteiger partial charge in [0.2, 0.25) is 0 Å². The molecule has 26 aromatic rings. The number of rotatable bonds is 7. The van der Waals surface area contributed by atoms with Crippen molar-refractivity contribution in [3.05, 3.63) is 408 Å². The molecule has 10 nitrogen and oxygen atoms in total. The summed E-state index contributed by atoms with van der Waals surface area (Å²) in [6.07, 6.45) is 0. The van der Waals surface area contributed by atoms with Crippen LogP contribution in [0.15, 0.2) is 364 Å². The normalized spacial score (nSPS) is 13.2. The minimum Gasteiger partial charge on any atom is -0.309 e. The van der Waals surface area contributed by atoms with Crippen molar-refractivity contribution in [2.75, 3.05) is 0 Å². The first-order valence-corrected chi connectivity index (χ1v) is 45.0. The zero-order valence-electron chi connectivity index (χ0n) is 72.1. The van der Waals surface area contributed by atoms with E-state index in [-0.39, 0.29) is 0 Å². The number of nitrogens with zero attached hydrogens (tertiary/aromatic N) is 10. The van der Waals surface area contributed by atoms with E-state index in [9.17, 15) is 21.0 Å². The highest BCUT2D eigenvalue weighted by atomic mass is 15.1. The van der Waals surface area contributed by atoms with Crippen molar-refractivity contribution < 1.29 is 0 Å². The molecule has 20 aromatic carbocycles. The maximum absolute atomic E-state index is 12.1. The first kappa shape index (κ1) is 73.4. The number of fused-ring (bicyclic) bond motifs is 34. The minimum absolute atomic E-state index is 0.403. The van der Waals surface area contributed by atoms with Crippen LogP contribution in [-0.4, -0.2) is 27.4 Å². The van der Waals surface area contributed by atoms with Crippen LogP contribution in [0.25, 0.3) is 241 Å². The molecule has 0 aliphatic heterocycles. The van der Waals surface area contributed by atoms with Crippen LogP contribution in [0.5, 0.6) is 0 Å². The van der Waals surface area contributed by atoms with Crippen molar-refractivity contribution in [3.63, 3.8) is 0 Å². The van der Waals surface area contributed by atoms with E-state index in [1.807, 2.05) is 30.3 Å². The summed E-state index contributed by atoms with van der Waals surface area (Å²) in [5.41, 5.74) is 28.5. The lowest BCUT2D eigenvalue weighted by atomic mass is 9.80. The molecule has 0 fully saturated rings. The van der Waals surface area contributed by atoms with Crippen LogP contribution in [0.4, 0.5) is 0 Å². The lowest BCUT2D eigenvalue weighted by molar-refractivity contribution is 0.663. The zero-order chi connectivity index (χ0) is 87.7. The van der Waals surface area contributed by atoms with Gasteiger partial charge in [-0.3, -0.25) is 0 Å². The lowest BCUT2D eigenvalue weighted by Crippen LogP contribution is -2.17. The second kappa shape index (κ2) is 26.4. The summed E-state index contributed by atoms with van der Waals surface area (Å²) in [4.78, 5) is 0. The van der Waals surface area contributed by atoms with E-state index in [4.69, 9.17) is 0 Å². The average molecular weight is 1680 g/mol. The molecule has 0 spiro atoms.